The summed E-state index contributed by atoms with van der Waals surface area (Å²) in [6.45, 7) is 0. The number of aromatic carboxylic acids is 2. The molecule has 0 heterocycles. The van der Waals surface area contributed by atoms with E-state index in [1.807, 2.05) is 0 Å². The number of rotatable bonds is 4. The van der Waals surface area contributed by atoms with Gasteiger partial charge < -0.3 is 10.2 Å². The molecule has 0 aliphatic rings. The van der Waals surface area contributed by atoms with Crippen molar-refractivity contribution >= 4 is 40.0 Å². The summed E-state index contributed by atoms with van der Waals surface area (Å²) in [5.41, 5.74) is 1.98. The van der Waals surface area contributed by atoms with Gasteiger partial charge >= 0.3 is 11.9 Å². The first-order valence-electron chi connectivity index (χ1n) is 6.02. The van der Waals surface area contributed by atoms with Crippen LogP contribution in [0.4, 0.5) is 0 Å². The number of carboxylic acids is 2. The summed E-state index contributed by atoms with van der Waals surface area (Å²) in [4.78, 5) is 21.8. The summed E-state index contributed by atoms with van der Waals surface area (Å²) < 4.78 is 0.510. The van der Waals surface area contributed by atoms with E-state index in [1.54, 1.807) is 36.4 Å². The minimum absolute atomic E-state index is 0.193. The summed E-state index contributed by atoms with van der Waals surface area (Å²) in [7, 11) is 0. The molecule has 2 aromatic carbocycles. The SMILES string of the molecule is O=C(O)c1ccc(/C=C/c2cccc(C(=O)O)c2Br)cc1. The molecule has 0 aliphatic carbocycles. The van der Waals surface area contributed by atoms with Crippen molar-refractivity contribution in [3.63, 3.8) is 0 Å². The molecular weight excluding hydrogens is 336 g/mol. The molecule has 2 N–H and O–H groups in total. The Bertz CT molecular complexity index is 718. The van der Waals surface area contributed by atoms with E-state index >= 15 is 0 Å². The van der Waals surface area contributed by atoms with Crippen molar-refractivity contribution in [2.24, 2.45) is 0 Å². The highest BCUT2D eigenvalue weighted by atomic mass is 79.9. The van der Waals surface area contributed by atoms with Crippen LogP contribution in [0.3, 0.4) is 0 Å². The van der Waals surface area contributed by atoms with E-state index in [4.69, 9.17) is 10.2 Å². The quantitative estimate of drug-likeness (QED) is 0.820. The van der Waals surface area contributed by atoms with Gasteiger partial charge in [0.1, 0.15) is 0 Å². The molecule has 21 heavy (non-hydrogen) atoms. The van der Waals surface area contributed by atoms with Gasteiger partial charge in [-0.1, -0.05) is 36.4 Å². The molecule has 0 saturated heterocycles. The second-order valence-electron chi connectivity index (χ2n) is 4.27. The highest BCUT2D eigenvalue weighted by Gasteiger charge is 2.09. The molecular formula is C16H11BrO4. The van der Waals surface area contributed by atoms with E-state index < -0.39 is 11.9 Å². The lowest BCUT2D eigenvalue weighted by Gasteiger charge is -2.03. The maximum absolute atomic E-state index is 11.0. The van der Waals surface area contributed by atoms with E-state index in [0.29, 0.717) is 4.47 Å². The molecule has 4 nitrogen and oxygen atoms in total. The maximum atomic E-state index is 11.0. The molecule has 5 heteroatoms. The van der Waals surface area contributed by atoms with E-state index in [1.165, 1.54) is 18.2 Å². The van der Waals surface area contributed by atoms with Crippen LogP contribution in [-0.2, 0) is 0 Å². The van der Waals surface area contributed by atoms with Gasteiger partial charge in [-0.25, -0.2) is 9.59 Å². The third kappa shape index (κ3) is 3.58. The van der Waals surface area contributed by atoms with Crippen molar-refractivity contribution in [2.45, 2.75) is 0 Å². The molecule has 0 unspecified atom stereocenters. The third-order valence-electron chi connectivity index (χ3n) is 2.87. The second kappa shape index (κ2) is 6.37. The highest BCUT2D eigenvalue weighted by Crippen LogP contribution is 2.24. The largest absolute Gasteiger partial charge is 0.478 e. The van der Waals surface area contributed by atoms with Gasteiger partial charge in [-0.05, 0) is 45.3 Å². The lowest BCUT2D eigenvalue weighted by atomic mass is 10.1. The lowest BCUT2D eigenvalue weighted by molar-refractivity contribution is 0.0685. The average Bonchev–Trinajstić information content (AvgIpc) is 2.46. The number of carbonyl (C=O) groups is 2. The fourth-order valence-corrected chi connectivity index (χ4v) is 2.33. The van der Waals surface area contributed by atoms with Crippen LogP contribution in [0, 0.1) is 0 Å². The molecule has 0 aliphatic heterocycles. The van der Waals surface area contributed by atoms with Gasteiger partial charge in [-0.3, -0.25) is 0 Å². The molecule has 0 bridgehead atoms. The van der Waals surface area contributed by atoms with Crippen molar-refractivity contribution in [3.05, 3.63) is 69.2 Å². The standard InChI is InChI=1S/C16H11BrO4/c17-14-11(2-1-3-13(14)16(20)21)7-4-10-5-8-12(9-6-10)15(18)19/h1-9H,(H,18,19)(H,20,21)/b7-4+. The topological polar surface area (TPSA) is 74.6 Å². The number of carboxylic acid groups (broad SMARTS) is 2. The average molecular weight is 347 g/mol. The predicted molar refractivity (Wildman–Crippen MR) is 83.4 cm³/mol. The lowest BCUT2D eigenvalue weighted by Crippen LogP contribution is -1.98. The van der Waals surface area contributed by atoms with Gasteiger partial charge in [0.25, 0.3) is 0 Å². The molecule has 2 rings (SSSR count). The van der Waals surface area contributed by atoms with Crippen LogP contribution in [0.25, 0.3) is 12.2 Å². The molecule has 0 atom stereocenters. The molecule has 0 aromatic heterocycles. The fraction of sp³-hybridized carbons (Fsp3) is 0. The molecule has 0 fully saturated rings. The van der Waals surface area contributed by atoms with Gasteiger partial charge in [0.05, 0.1) is 11.1 Å². The third-order valence-corrected chi connectivity index (χ3v) is 3.76. The Morgan fingerprint density at radius 1 is 0.905 bits per heavy atom. The van der Waals surface area contributed by atoms with E-state index in [0.717, 1.165) is 11.1 Å². The Balaban J connectivity index is 2.27. The Morgan fingerprint density at radius 3 is 2.14 bits per heavy atom. The maximum Gasteiger partial charge on any atom is 0.336 e. The molecule has 0 spiro atoms. The van der Waals surface area contributed by atoms with Gasteiger partial charge in [0.15, 0.2) is 0 Å². The number of hydrogen-bond acceptors (Lipinski definition) is 2. The summed E-state index contributed by atoms with van der Waals surface area (Å²) in [6, 6.07) is 11.4. The van der Waals surface area contributed by atoms with Crippen LogP contribution in [-0.4, -0.2) is 22.2 Å². The van der Waals surface area contributed by atoms with Gasteiger partial charge in [-0.15, -0.1) is 0 Å². The van der Waals surface area contributed by atoms with Crippen molar-refractivity contribution in [2.75, 3.05) is 0 Å². The first-order valence-corrected chi connectivity index (χ1v) is 6.81. The van der Waals surface area contributed by atoms with Crippen LogP contribution >= 0.6 is 15.9 Å². The van der Waals surface area contributed by atoms with Gasteiger partial charge in [0.2, 0.25) is 0 Å². The summed E-state index contributed by atoms with van der Waals surface area (Å²) in [6.07, 6.45) is 3.56. The van der Waals surface area contributed by atoms with Crippen LogP contribution in [0.2, 0.25) is 0 Å². The first-order chi connectivity index (χ1) is 9.99. The van der Waals surface area contributed by atoms with Crippen LogP contribution in [0.5, 0.6) is 0 Å². The van der Waals surface area contributed by atoms with Crippen molar-refractivity contribution in [1.29, 1.82) is 0 Å². The highest BCUT2D eigenvalue weighted by molar-refractivity contribution is 9.10. The summed E-state index contributed by atoms with van der Waals surface area (Å²) >= 11 is 3.28. The van der Waals surface area contributed by atoms with Crippen molar-refractivity contribution < 1.29 is 19.8 Å². The van der Waals surface area contributed by atoms with E-state index in [9.17, 15) is 9.59 Å². The minimum Gasteiger partial charge on any atom is -0.478 e. The Kier molecular flexibility index (Phi) is 4.55. The molecule has 0 radical (unpaired) electrons. The molecule has 0 saturated carbocycles. The number of hydrogen-bond donors (Lipinski definition) is 2. The monoisotopic (exact) mass is 346 g/mol. The van der Waals surface area contributed by atoms with Gasteiger partial charge in [-0.2, -0.15) is 0 Å². The molecule has 0 amide bonds. The van der Waals surface area contributed by atoms with Crippen molar-refractivity contribution in [3.8, 4) is 0 Å². The zero-order valence-corrected chi connectivity index (χ0v) is 12.4. The molecule has 2 aromatic rings. The van der Waals surface area contributed by atoms with E-state index in [2.05, 4.69) is 15.9 Å². The Morgan fingerprint density at radius 2 is 1.57 bits per heavy atom. The summed E-state index contributed by atoms with van der Waals surface area (Å²) in [5, 5.41) is 17.9. The van der Waals surface area contributed by atoms with Crippen molar-refractivity contribution in [1.82, 2.24) is 0 Å². The smallest absolute Gasteiger partial charge is 0.336 e. The zero-order valence-electron chi connectivity index (χ0n) is 10.8. The Hall–Kier alpha value is -2.40. The van der Waals surface area contributed by atoms with Crippen LogP contribution < -0.4 is 0 Å². The molecule has 106 valence electrons. The fourth-order valence-electron chi connectivity index (χ4n) is 1.77. The number of benzene rings is 2. The first kappa shape index (κ1) is 15.0. The number of halogens is 1. The Labute approximate surface area is 129 Å². The summed E-state index contributed by atoms with van der Waals surface area (Å²) in [5.74, 6) is -1.97. The minimum atomic E-state index is -0.997. The van der Waals surface area contributed by atoms with Gasteiger partial charge in [0, 0.05) is 4.47 Å². The van der Waals surface area contributed by atoms with Crippen LogP contribution in [0.15, 0.2) is 46.9 Å². The van der Waals surface area contributed by atoms with Crippen LogP contribution in [0.1, 0.15) is 31.8 Å². The normalized spacial score (nSPS) is 10.7. The second-order valence-corrected chi connectivity index (χ2v) is 5.07. The predicted octanol–water partition coefficient (Wildman–Crippen LogP) is 4.02. The van der Waals surface area contributed by atoms with E-state index in [-0.39, 0.29) is 11.1 Å². The zero-order chi connectivity index (χ0) is 15.4.